The van der Waals surface area contributed by atoms with E-state index in [1.54, 1.807) is 0 Å². The normalized spacial score (nSPS) is 25.0. The lowest BCUT2D eigenvalue weighted by Gasteiger charge is -2.38. The van der Waals surface area contributed by atoms with Gasteiger partial charge in [0, 0.05) is 19.0 Å². The van der Waals surface area contributed by atoms with Crippen LogP contribution in [-0.2, 0) is 22.6 Å². The number of aliphatic carboxylic acids is 1. The first-order valence-electron chi connectivity index (χ1n) is 8.30. The Morgan fingerprint density at radius 1 is 1.44 bits per heavy atom. The molecule has 0 aromatic heterocycles. The van der Waals surface area contributed by atoms with E-state index in [1.807, 2.05) is 0 Å². The highest BCUT2D eigenvalue weighted by molar-refractivity contribution is 5.73. The minimum Gasteiger partial charge on any atom is -0.475 e. The molecule has 3 rings (SSSR count). The molecule has 0 bridgehead atoms. The van der Waals surface area contributed by atoms with Crippen molar-refractivity contribution in [1.29, 1.82) is 0 Å². The molecular formula is C18H24F3NO3. The Bertz CT molecular complexity index is 630. The quantitative estimate of drug-likeness (QED) is 0.849. The number of carboxylic acid groups (broad SMARTS) is 1. The fourth-order valence-electron chi connectivity index (χ4n) is 3.42. The van der Waals surface area contributed by atoms with E-state index >= 15 is 0 Å². The number of benzene rings is 1. The topological polar surface area (TPSA) is 58.6 Å². The van der Waals surface area contributed by atoms with Crippen LogP contribution in [0, 0.1) is 5.92 Å². The average molecular weight is 359 g/mol. The number of alkyl halides is 3. The Hall–Kier alpha value is -1.60. The van der Waals surface area contributed by atoms with Crippen molar-refractivity contribution < 1.29 is 27.8 Å². The molecule has 2 N–H and O–H groups in total. The largest absolute Gasteiger partial charge is 0.490 e. The smallest absolute Gasteiger partial charge is 0.475 e. The van der Waals surface area contributed by atoms with E-state index in [1.165, 1.54) is 16.7 Å². The Morgan fingerprint density at radius 2 is 2.08 bits per heavy atom. The van der Waals surface area contributed by atoms with E-state index in [4.69, 9.17) is 14.6 Å². The number of nitrogens with one attached hydrogen (secondary N) is 1. The molecule has 0 amide bonds. The first kappa shape index (κ1) is 19.7. The highest BCUT2D eigenvalue weighted by Crippen LogP contribution is 2.42. The molecule has 2 aliphatic rings. The first-order valence-corrected chi connectivity index (χ1v) is 8.30. The minimum absolute atomic E-state index is 0.00343. The van der Waals surface area contributed by atoms with Gasteiger partial charge in [-0.1, -0.05) is 32.0 Å². The molecule has 2 heterocycles. The molecule has 1 fully saturated rings. The summed E-state index contributed by atoms with van der Waals surface area (Å²) in [7, 11) is 0. The van der Waals surface area contributed by atoms with Crippen LogP contribution in [0.3, 0.4) is 0 Å². The van der Waals surface area contributed by atoms with Crippen LogP contribution in [0.15, 0.2) is 18.2 Å². The van der Waals surface area contributed by atoms with Crippen LogP contribution in [0.2, 0.25) is 0 Å². The fraction of sp³-hybridized carbons (Fsp3) is 0.611. The summed E-state index contributed by atoms with van der Waals surface area (Å²) in [5, 5.41) is 10.6. The van der Waals surface area contributed by atoms with E-state index < -0.39 is 12.1 Å². The van der Waals surface area contributed by atoms with Crippen molar-refractivity contribution >= 4 is 5.97 Å². The standard InChI is InChI=1S/C16H23NO.C2HF3O2/c1-11(2)7-12-5-4-6-13-14(12)9-18-16(3)10-17-8-15(13)16;3-2(4,5)1(6)7/h4-6,11,15,17H,7-10H2,1-3H3;(H,6,7). The Kier molecular flexibility index (Phi) is 5.79. The second-order valence-electron chi connectivity index (χ2n) is 7.17. The summed E-state index contributed by atoms with van der Waals surface area (Å²) in [6.45, 7) is 9.62. The minimum atomic E-state index is -5.08. The highest BCUT2D eigenvalue weighted by atomic mass is 19.4. The monoisotopic (exact) mass is 359 g/mol. The molecule has 0 spiro atoms. The Morgan fingerprint density at radius 3 is 2.64 bits per heavy atom. The molecule has 4 nitrogen and oxygen atoms in total. The molecular weight excluding hydrogens is 335 g/mol. The predicted octanol–water partition coefficient (Wildman–Crippen LogP) is 3.49. The molecule has 1 aromatic carbocycles. The van der Waals surface area contributed by atoms with E-state index in [9.17, 15) is 13.2 Å². The van der Waals surface area contributed by atoms with Gasteiger partial charge in [0.2, 0.25) is 0 Å². The average Bonchev–Trinajstić information content (AvgIpc) is 2.88. The van der Waals surface area contributed by atoms with Gasteiger partial charge < -0.3 is 15.2 Å². The molecule has 0 radical (unpaired) electrons. The molecule has 2 aliphatic heterocycles. The van der Waals surface area contributed by atoms with Crippen LogP contribution in [0.5, 0.6) is 0 Å². The molecule has 2 atom stereocenters. The van der Waals surface area contributed by atoms with Crippen molar-refractivity contribution in [3.05, 3.63) is 34.9 Å². The summed E-state index contributed by atoms with van der Waals surface area (Å²) in [6.07, 6.45) is -3.93. The van der Waals surface area contributed by atoms with Crippen molar-refractivity contribution in [2.45, 2.75) is 51.5 Å². The molecule has 0 saturated carbocycles. The van der Waals surface area contributed by atoms with Crippen LogP contribution < -0.4 is 5.32 Å². The van der Waals surface area contributed by atoms with Crippen LogP contribution >= 0.6 is 0 Å². The van der Waals surface area contributed by atoms with Gasteiger partial charge in [-0.3, -0.25) is 0 Å². The molecule has 2 unspecified atom stereocenters. The number of rotatable bonds is 2. The van der Waals surface area contributed by atoms with Gasteiger partial charge in [-0.25, -0.2) is 4.79 Å². The lowest BCUT2D eigenvalue weighted by Crippen LogP contribution is -2.40. The Balaban J connectivity index is 0.000000277. The van der Waals surface area contributed by atoms with Crippen LogP contribution in [0.4, 0.5) is 13.2 Å². The third kappa shape index (κ3) is 4.52. The summed E-state index contributed by atoms with van der Waals surface area (Å²) >= 11 is 0. The van der Waals surface area contributed by atoms with Crippen molar-refractivity contribution in [3.63, 3.8) is 0 Å². The maximum absolute atomic E-state index is 10.6. The highest BCUT2D eigenvalue weighted by Gasteiger charge is 2.44. The van der Waals surface area contributed by atoms with Gasteiger partial charge in [0.15, 0.2) is 0 Å². The molecule has 140 valence electrons. The van der Waals surface area contributed by atoms with Crippen LogP contribution in [0.1, 0.15) is 43.4 Å². The first-order chi connectivity index (χ1) is 11.5. The number of hydrogen-bond donors (Lipinski definition) is 2. The molecule has 25 heavy (non-hydrogen) atoms. The lowest BCUT2D eigenvalue weighted by atomic mass is 9.79. The maximum atomic E-state index is 10.6. The van der Waals surface area contributed by atoms with E-state index in [0.29, 0.717) is 11.8 Å². The zero-order valence-corrected chi connectivity index (χ0v) is 14.6. The SMILES string of the molecule is CC(C)Cc1cccc2c1COC1(C)CNCC21.O=C(O)C(F)(F)F. The lowest BCUT2D eigenvalue weighted by molar-refractivity contribution is -0.192. The van der Waals surface area contributed by atoms with Crippen LogP contribution in [-0.4, -0.2) is 35.9 Å². The zero-order valence-electron chi connectivity index (χ0n) is 14.6. The van der Waals surface area contributed by atoms with Crippen LogP contribution in [0.25, 0.3) is 0 Å². The summed E-state index contributed by atoms with van der Waals surface area (Å²) in [6, 6.07) is 6.80. The van der Waals surface area contributed by atoms with Gasteiger partial charge in [0.05, 0.1) is 12.2 Å². The number of hydrogen-bond acceptors (Lipinski definition) is 3. The van der Waals surface area contributed by atoms with Gasteiger partial charge in [0.25, 0.3) is 0 Å². The van der Waals surface area contributed by atoms with Gasteiger partial charge in [0.1, 0.15) is 0 Å². The Labute approximate surface area is 145 Å². The maximum Gasteiger partial charge on any atom is 0.490 e. The van der Waals surface area contributed by atoms with Gasteiger partial charge >= 0.3 is 12.1 Å². The molecule has 1 saturated heterocycles. The third-order valence-electron chi connectivity index (χ3n) is 4.66. The zero-order chi connectivity index (χ0) is 18.8. The number of carboxylic acids is 1. The second kappa shape index (κ2) is 7.33. The summed E-state index contributed by atoms with van der Waals surface area (Å²) in [4.78, 5) is 8.90. The van der Waals surface area contributed by atoms with Crippen molar-refractivity contribution in [2.24, 2.45) is 5.92 Å². The van der Waals surface area contributed by atoms with E-state index in [0.717, 1.165) is 26.1 Å². The molecule has 7 heteroatoms. The second-order valence-corrected chi connectivity index (χ2v) is 7.17. The van der Waals surface area contributed by atoms with Crippen molar-refractivity contribution in [2.75, 3.05) is 13.1 Å². The molecule has 1 aromatic rings. The van der Waals surface area contributed by atoms with E-state index in [-0.39, 0.29) is 5.60 Å². The molecule has 0 aliphatic carbocycles. The number of halogens is 3. The third-order valence-corrected chi connectivity index (χ3v) is 4.66. The van der Waals surface area contributed by atoms with Gasteiger partial charge in [-0.15, -0.1) is 0 Å². The summed E-state index contributed by atoms with van der Waals surface area (Å²) in [5.41, 5.74) is 4.46. The van der Waals surface area contributed by atoms with Crippen molar-refractivity contribution in [1.82, 2.24) is 5.32 Å². The number of carbonyl (C=O) groups is 1. The number of ether oxygens (including phenoxy) is 1. The summed E-state index contributed by atoms with van der Waals surface area (Å²) < 4.78 is 37.9. The van der Waals surface area contributed by atoms with Gasteiger partial charge in [-0.2, -0.15) is 13.2 Å². The summed E-state index contributed by atoms with van der Waals surface area (Å²) in [5.74, 6) is -1.53. The van der Waals surface area contributed by atoms with Gasteiger partial charge in [-0.05, 0) is 36.0 Å². The van der Waals surface area contributed by atoms with E-state index in [2.05, 4.69) is 44.3 Å². The fourth-order valence-corrected chi connectivity index (χ4v) is 3.42. The number of fused-ring (bicyclic) bond motifs is 3. The van der Waals surface area contributed by atoms with Crippen molar-refractivity contribution in [3.8, 4) is 0 Å². The predicted molar refractivity (Wildman–Crippen MR) is 87.5 cm³/mol.